The highest BCUT2D eigenvalue weighted by atomic mass is 32.2. The lowest BCUT2D eigenvalue weighted by molar-refractivity contribution is -0.137. The predicted molar refractivity (Wildman–Crippen MR) is 132 cm³/mol. The first-order valence-corrected chi connectivity index (χ1v) is 12.3. The molecule has 3 aromatic rings. The van der Waals surface area contributed by atoms with Gasteiger partial charge in [0.2, 0.25) is 0 Å². The number of amidine groups is 1. The second-order valence-electron chi connectivity index (χ2n) is 8.59. The largest absolute Gasteiger partial charge is 0.457 e. The van der Waals surface area contributed by atoms with Gasteiger partial charge in [-0.25, -0.2) is 4.99 Å². The Kier molecular flexibility index (Phi) is 6.56. The van der Waals surface area contributed by atoms with Crippen LogP contribution in [0.1, 0.15) is 43.4 Å². The van der Waals surface area contributed by atoms with E-state index >= 15 is 0 Å². The summed E-state index contributed by atoms with van der Waals surface area (Å²) < 4.78 is 45.1. The Hall–Kier alpha value is -3.26. The third-order valence-corrected chi connectivity index (χ3v) is 7.12. The molecule has 1 saturated carbocycles. The first-order chi connectivity index (χ1) is 16.9. The van der Waals surface area contributed by atoms with E-state index in [0.29, 0.717) is 27.2 Å². The Morgan fingerprint density at radius 1 is 0.971 bits per heavy atom. The Balaban J connectivity index is 1.44. The summed E-state index contributed by atoms with van der Waals surface area (Å²) in [5.74, 6) is 0.590. The van der Waals surface area contributed by atoms with E-state index in [1.807, 2.05) is 30.3 Å². The van der Waals surface area contributed by atoms with Gasteiger partial charge in [0, 0.05) is 17.7 Å². The molecule has 1 saturated heterocycles. The van der Waals surface area contributed by atoms with Gasteiger partial charge < -0.3 is 4.42 Å². The zero-order valence-electron chi connectivity index (χ0n) is 18.8. The number of alkyl halides is 3. The highest BCUT2D eigenvalue weighted by Crippen LogP contribution is 2.39. The van der Waals surface area contributed by atoms with Crippen LogP contribution < -0.4 is 0 Å². The quantitative estimate of drug-likeness (QED) is 0.345. The van der Waals surface area contributed by atoms with Gasteiger partial charge in [-0.3, -0.25) is 9.69 Å². The number of amides is 1. The molecule has 1 aliphatic carbocycles. The summed E-state index contributed by atoms with van der Waals surface area (Å²) in [6.07, 6.45) is 2.42. The number of hydrogen-bond acceptors (Lipinski definition) is 4. The molecule has 2 aromatic carbocycles. The lowest BCUT2D eigenvalue weighted by atomic mass is 9.94. The van der Waals surface area contributed by atoms with Gasteiger partial charge >= 0.3 is 6.18 Å². The number of rotatable bonds is 4. The van der Waals surface area contributed by atoms with Gasteiger partial charge in [0.25, 0.3) is 5.91 Å². The summed E-state index contributed by atoms with van der Waals surface area (Å²) in [7, 11) is 0. The Labute approximate surface area is 205 Å². The fourth-order valence-corrected chi connectivity index (χ4v) is 5.44. The molecule has 0 unspecified atom stereocenters. The fraction of sp³-hybridized carbons (Fsp3) is 0.259. The molecule has 5 rings (SSSR count). The minimum Gasteiger partial charge on any atom is -0.457 e. The monoisotopic (exact) mass is 496 g/mol. The molecule has 0 N–H and O–H groups in total. The highest BCUT2D eigenvalue weighted by molar-refractivity contribution is 8.18. The third kappa shape index (κ3) is 5.22. The van der Waals surface area contributed by atoms with E-state index in [4.69, 9.17) is 9.41 Å². The molecular formula is C27H23F3N2O2S. The van der Waals surface area contributed by atoms with E-state index in [0.717, 1.165) is 43.5 Å². The number of furan rings is 1. The molecule has 2 heterocycles. The average molecular weight is 497 g/mol. The van der Waals surface area contributed by atoms with Crippen molar-refractivity contribution < 1.29 is 22.4 Å². The molecule has 4 nitrogen and oxygen atoms in total. The highest BCUT2D eigenvalue weighted by Gasteiger charge is 2.39. The molecule has 0 bridgehead atoms. The normalized spacial score (nSPS) is 19.7. The van der Waals surface area contributed by atoms with Crippen LogP contribution in [0.5, 0.6) is 0 Å². The Bertz CT molecular complexity index is 1270. The zero-order chi connectivity index (χ0) is 24.4. The van der Waals surface area contributed by atoms with E-state index in [2.05, 4.69) is 0 Å². The molecule has 2 fully saturated rings. The van der Waals surface area contributed by atoms with E-state index in [1.165, 1.54) is 24.2 Å². The van der Waals surface area contributed by atoms with Crippen molar-refractivity contribution in [2.75, 3.05) is 0 Å². The van der Waals surface area contributed by atoms with Gasteiger partial charge in [0.15, 0.2) is 5.17 Å². The number of nitrogens with zero attached hydrogens (tertiary/aromatic N) is 2. The second kappa shape index (κ2) is 9.77. The van der Waals surface area contributed by atoms with Crippen LogP contribution in [-0.2, 0) is 11.0 Å². The SMILES string of the molecule is O=C1C(=Cc2ccc(-c3cccc(C(F)(F)F)c3)o2)SC(=Nc2ccccc2)N1C1CCCCC1. The molecule has 0 radical (unpaired) electrons. The number of halogens is 3. The Morgan fingerprint density at radius 3 is 2.49 bits per heavy atom. The third-order valence-electron chi connectivity index (χ3n) is 6.13. The van der Waals surface area contributed by atoms with E-state index in [-0.39, 0.29) is 11.9 Å². The van der Waals surface area contributed by atoms with Crippen molar-refractivity contribution in [1.82, 2.24) is 4.90 Å². The summed E-state index contributed by atoms with van der Waals surface area (Å²) in [5, 5.41) is 0.643. The van der Waals surface area contributed by atoms with Crippen molar-refractivity contribution in [1.29, 1.82) is 0 Å². The number of hydrogen-bond donors (Lipinski definition) is 0. The molecule has 0 spiro atoms. The van der Waals surface area contributed by atoms with Crippen LogP contribution in [-0.4, -0.2) is 22.0 Å². The molecule has 1 aromatic heterocycles. The van der Waals surface area contributed by atoms with E-state index in [9.17, 15) is 18.0 Å². The van der Waals surface area contributed by atoms with Crippen LogP contribution in [0.25, 0.3) is 17.4 Å². The van der Waals surface area contributed by atoms with Crippen molar-refractivity contribution in [3.8, 4) is 11.3 Å². The molecule has 1 amide bonds. The van der Waals surface area contributed by atoms with Gasteiger partial charge in [0.1, 0.15) is 11.5 Å². The first kappa shape index (κ1) is 23.5. The number of para-hydroxylation sites is 1. The van der Waals surface area contributed by atoms with Crippen LogP contribution in [0.4, 0.5) is 18.9 Å². The van der Waals surface area contributed by atoms with Crippen LogP contribution in [0, 0.1) is 0 Å². The van der Waals surface area contributed by atoms with Gasteiger partial charge in [-0.15, -0.1) is 0 Å². The van der Waals surface area contributed by atoms with Crippen molar-refractivity contribution in [3.63, 3.8) is 0 Å². The molecule has 1 aliphatic heterocycles. The first-order valence-electron chi connectivity index (χ1n) is 11.5. The standard InChI is InChI=1S/C27H23F3N2O2S/c28-27(29,30)19-9-7-8-18(16-19)23-15-14-22(34-23)17-24-25(33)32(21-12-5-2-6-13-21)26(35-24)31-20-10-3-1-4-11-20/h1,3-4,7-11,14-17,21H,2,5-6,12-13H2. The lowest BCUT2D eigenvalue weighted by Gasteiger charge is -2.30. The average Bonchev–Trinajstić information content (AvgIpc) is 3.44. The summed E-state index contributed by atoms with van der Waals surface area (Å²) in [5.41, 5.74) is 0.359. The topological polar surface area (TPSA) is 45.8 Å². The maximum atomic E-state index is 13.4. The van der Waals surface area contributed by atoms with Gasteiger partial charge in [0.05, 0.1) is 16.2 Å². The van der Waals surface area contributed by atoms with Crippen molar-refractivity contribution in [2.45, 2.75) is 44.3 Å². The fourth-order valence-electron chi connectivity index (χ4n) is 4.40. The summed E-state index contributed by atoms with van der Waals surface area (Å²) in [4.78, 5) is 20.5. The van der Waals surface area contributed by atoms with E-state index < -0.39 is 11.7 Å². The van der Waals surface area contributed by atoms with Crippen LogP contribution in [0.2, 0.25) is 0 Å². The minimum atomic E-state index is -4.43. The number of carbonyl (C=O) groups is 1. The van der Waals surface area contributed by atoms with Gasteiger partial charge in [-0.2, -0.15) is 13.2 Å². The van der Waals surface area contributed by atoms with Crippen molar-refractivity contribution in [3.05, 3.63) is 83.0 Å². The molecule has 2 aliphatic rings. The van der Waals surface area contributed by atoms with Gasteiger partial charge in [-0.1, -0.05) is 49.6 Å². The lowest BCUT2D eigenvalue weighted by Crippen LogP contribution is -2.40. The molecule has 35 heavy (non-hydrogen) atoms. The second-order valence-corrected chi connectivity index (χ2v) is 9.60. The van der Waals surface area contributed by atoms with Crippen molar-refractivity contribution in [2.24, 2.45) is 4.99 Å². The van der Waals surface area contributed by atoms with Crippen molar-refractivity contribution >= 4 is 34.6 Å². The molecular weight excluding hydrogens is 473 g/mol. The van der Waals surface area contributed by atoms with E-state index in [1.54, 1.807) is 29.2 Å². The van der Waals surface area contributed by atoms with Crippen LogP contribution >= 0.6 is 11.8 Å². The maximum Gasteiger partial charge on any atom is 0.416 e. The zero-order valence-corrected chi connectivity index (χ0v) is 19.6. The predicted octanol–water partition coefficient (Wildman–Crippen LogP) is 7.90. The van der Waals surface area contributed by atoms with Crippen LogP contribution in [0.15, 0.2) is 81.0 Å². The molecule has 0 atom stereocenters. The maximum absolute atomic E-state index is 13.4. The summed E-state index contributed by atoms with van der Waals surface area (Å²) >= 11 is 1.30. The number of benzene rings is 2. The number of aliphatic imine (C=N–C) groups is 1. The smallest absolute Gasteiger partial charge is 0.416 e. The van der Waals surface area contributed by atoms with Crippen LogP contribution in [0.3, 0.4) is 0 Å². The summed E-state index contributed by atoms with van der Waals surface area (Å²) in [6.45, 7) is 0. The molecule has 180 valence electrons. The summed E-state index contributed by atoms with van der Waals surface area (Å²) in [6, 6.07) is 17.9. The minimum absolute atomic E-state index is 0.106. The van der Waals surface area contributed by atoms with Gasteiger partial charge in [-0.05, 0) is 61.0 Å². The Morgan fingerprint density at radius 2 is 1.74 bits per heavy atom. The number of carbonyl (C=O) groups excluding carboxylic acids is 1. The molecule has 8 heteroatoms. The number of thioether (sulfide) groups is 1.